The average Bonchev–Trinajstić information content (AvgIpc) is 3.05. The summed E-state index contributed by atoms with van der Waals surface area (Å²) in [5.41, 5.74) is 0.274. The van der Waals surface area contributed by atoms with Gasteiger partial charge in [0.15, 0.2) is 11.6 Å². The van der Waals surface area contributed by atoms with Crippen LogP contribution in [0.25, 0.3) is 11.3 Å². The van der Waals surface area contributed by atoms with Gasteiger partial charge in [-0.2, -0.15) is 0 Å². The molecule has 0 saturated carbocycles. The zero-order chi connectivity index (χ0) is 24.1. The summed E-state index contributed by atoms with van der Waals surface area (Å²) in [6, 6.07) is 7.19. The first kappa shape index (κ1) is 25.5. The van der Waals surface area contributed by atoms with Crippen LogP contribution < -0.4 is 15.7 Å². The van der Waals surface area contributed by atoms with Gasteiger partial charge in [-0.15, -0.1) is 5.10 Å². The highest BCUT2D eigenvalue weighted by atomic mass is 35.5. The molecule has 2 heterocycles. The van der Waals surface area contributed by atoms with Crippen LogP contribution in [-0.4, -0.2) is 32.8 Å². The molecule has 0 bridgehead atoms. The molecule has 7 nitrogen and oxygen atoms in total. The lowest BCUT2D eigenvalue weighted by Crippen LogP contribution is -2.32. The molecule has 0 atom stereocenters. The van der Waals surface area contributed by atoms with Gasteiger partial charge in [-0.3, -0.25) is 4.79 Å². The Kier molecular flexibility index (Phi) is 8.50. The highest BCUT2D eigenvalue weighted by Crippen LogP contribution is 2.27. The van der Waals surface area contributed by atoms with E-state index in [4.69, 9.17) is 16.3 Å². The number of hydrogen-bond acceptors (Lipinski definition) is 5. The van der Waals surface area contributed by atoms with Gasteiger partial charge in [0.2, 0.25) is 0 Å². The third-order valence-corrected chi connectivity index (χ3v) is 4.90. The molecular weight excluding hydrogens is 428 g/mol. The number of Topliss-reactive ketones (excluding diaryl/α,β-unsaturated/α-hetero) is 1. The number of nitrogens with zero attached hydrogens (tertiary/aromatic N) is 3. The Morgan fingerprint density at radius 3 is 2.38 bits per heavy atom. The summed E-state index contributed by atoms with van der Waals surface area (Å²) in [4.78, 5) is 25.8. The predicted molar refractivity (Wildman–Crippen MR) is 129 cm³/mol. The van der Waals surface area contributed by atoms with Crippen molar-refractivity contribution in [3.05, 3.63) is 57.9 Å². The molecule has 1 aromatic heterocycles. The molecule has 0 saturated heterocycles. The van der Waals surface area contributed by atoms with Crippen molar-refractivity contribution >= 4 is 23.0 Å². The second-order valence-electron chi connectivity index (χ2n) is 8.45. The van der Waals surface area contributed by atoms with Crippen LogP contribution in [-0.2, 0) is 11.3 Å². The second kappa shape index (κ2) is 10.7. The molecule has 3 rings (SSSR count). The van der Waals surface area contributed by atoms with Crippen molar-refractivity contribution in [3.63, 3.8) is 0 Å². The maximum absolute atomic E-state index is 13.2. The number of ketones is 1. The van der Waals surface area contributed by atoms with E-state index in [1.165, 1.54) is 9.25 Å². The van der Waals surface area contributed by atoms with Crippen LogP contribution in [0.4, 0.5) is 0 Å². The first-order valence-corrected chi connectivity index (χ1v) is 11.3. The van der Waals surface area contributed by atoms with Crippen molar-refractivity contribution in [2.45, 2.75) is 61.1 Å². The summed E-state index contributed by atoms with van der Waals surface area (Å²) in [5.74, 6) is 1.02. The van der Waals surface area contributed by atoms with E-state index in [9.17, 15) is 9.59 Å². The maximum Gasteiger partial charge on any atom is 0.351 e. The molecule has 0 fully saturated rings. The van der Waals surface area contributed by atoms with Gasteiger partial charge in [0.05, 0.1) is 16.8 Å². The zero-order valence-corrected chi connectivity index (χ0v) is 20.7. The normalized spacial score (nSPS) is 13.5. The monoisotopic (exact) mass is 460 g/mol. The number of carbonyl (C=O) groups is 1. The summed E-state index contributed by atoms with van der Waals surface area (Å²) < 4.78 is 8.37. The zero-order valence-electron chi connectivity index (χ0n) is 19.9. The van der Waals surface area contributed by atoms with E-state index in [1.807, 2.05) is 54.5 Å². The minimum Gasteiger partial charge on any atom is -0.491 e. The molecule has 0 spiro atoms. The number of rotatable bonds is 6. The Bertz CT molecular complexity index is 1050. The number of halogens is 1. The van der Waals surface area contributed by atoms with Crippen LogP contribution in [0, 0.1) is 5.41 Å². The first-order chi connectivity index (χ1) is 15.1. The van der Waals surface area contributed by atoms with Gasteiger partial charge in [0, 0.05) is 23.7 Å². The van der Waals surface area contributed by atoms with Crippen LogP contribution >= 0.6 is 11.6 Å². The average molecular weight is 461 g/mol. The molecule has 0 radical (unpaired) electrons. The quantitative estimate of drug-likeness (QED) is 0.685. The van der Waals surface area contributed by atoms with E-state index < -0.39 is 11.1 Å². The molecule has 0 amide bonds. The Balaban J connectivity index is 0.00000176. The van der Waals surface area contributed by atoms with Crippen LogP contribution in [0.2, 0.25) is 0 Å². The van der Waals surface area contributed by atoms with Crippen molar-refractivity contribution in [3.8, 4) is 11.4 Å². The molecule has 1 aliphatic rings. The van der Waals surface area contributed by atoms with Gasteiger partial charge in [-0.25, -0.2) is 14.0 Å². The van der Waals surface area contributed by atoms with E-state index >= 15 is 0 Å². The largest absolute Gasteiger partial charge is 0.491 e. The lowest BCUT2D eigenvalue weighted by atomic mass is 9.91. The van der Waals surface area contributed by atoms with Crippen LogP contribution in [0.1, 0.15) is 54.3 Å². The molecule has 1 N–H and O–H groups in total. The molecule has 8 heteroatoms. The SMILES string of the molecule is CC.CC(C)Oc1ccc(-n2c(C3=CCNC=C3Cl)nn(CC(=O)C(C)(C)C)c2=O)cc1. The Morgan fingerprint density at radius 2 is 1.84 bits per heavy atom. The number of nitrogens with one attached hydrogen (secondary N) is 1. The summed E-state index contributed by atoms with van der Waals surface area (Å²) in [7, 11) is 0. The van der Waals surface area contributed by atoms with Crippen LogP contribution in [0.5, 0.6) is 5.75 Å². The van der Waals surface area contributed by atoms with Gasteiger partial charge in [-0.1, -0.05) is 52.3 Å². The van der Waals surface area contributed by atoms with Crippen molar-refractivity contribution < 1.29 is 9.53 Å². The number of aromatic nitrogens is 3. The van der Waals surface area contributed by atoms with Gasteiger partial charge in [0.1, 0.15) is 12.3 Å². The molecule has 32 heavy (non-hydrogen) atoms. The third-order valence-electron chi connectivity index (χ3n) is 4.59. The lowest BCUT2D eigenvalue weighted by Gasteiger charge is -2.15. The Labute approximate surface area is 194 Å². The summed E-state index contributed by atoms with van der Waals surface area (Å²) in [6.45, 7) is 13.8. The second-order valence-corrected chi connectivity index (χ2v) is 8.86. The standard InChI is InChI=1S/C22H27ClN4O3.C2H6/c1-14(2)30-16-8-6-15(7-9-16)27-20(17-10-11-24-12-18(17)23)25-26(21(27)29)13-19(28)22(3,4)5;1-2/h6-10,12,14,24H,11,13H2,1-5H3;1-2H3. The van der Waals surface area contributed by atoms with Gasteiger partial charge in [-0.05, 0) is 38.1 Å². The molecule has 174 valence electrons. The van der Waals surface area contributed by atoms with Gasteiger partial charge >= 0.3 is 5.69 Å². The summed E-state index contributed by atoms with van der Waals surface area (Å²) >= 11 is 6.38. The summed E-state index contributed by atoms with van der Waals surface area (Å²) in [5, 5.41) is 7.95. The fourth-order valence-electron chi connectivity index (χ4n) is 2.92. The van der Waals surface area contributed by atoms with Gasteiger partial charge < -0.3 is 10.1 Å². The minimum absolute atomic E-state index is 0.0455. The smallest absolute Gasteiger partial charge is 0.351 e. The molecule has 1 aromatic carbocycles. The van der Waals surface area contributed by atoms with E-state index in [-0.39, 0.29) is 18.4 Å². The number of allylic oxidation sites excluding steroid dienone is 2. The van der Waals surface area contributed by atoms with Crippen molar-refractivity contribution in [2.24, 2.45) is 5.41 Å². The molecular formula is C24H33ClN4O3. The van der Waals surface area contributed by atoms with Crippen LogP contribution in [0.3, 0.4) is 0 Å². The van der Waals surface area contributed by atoms with E-state index in [0.29, 0.717) is 34.4 Å². The van der Waals surface area contributed by atoms with E-state index in [0.717, 1.165) is 0 Å². The molecule has 1 aliphatic heterocycles. The topological polar surface area (TPSA) is 78.2 Å². The Hall–Kier alpha value is -2.80. The van der Waals surface area contributed by atoms with Gasteiger partial charge in [0.25, 0.3) is 0 Å². The maximum atomic E-state index is 13.2. The summed E-state index contributed by atoms with van der Waals surface area (Å²) in [6.07, 6.45) is 3.58. The molecule has 2 aromatic rings. The van der Waals surface area contributed by atoms with Crippen molar-refractivity contribution in [1.82, 2.24) is 19.7 Å². The lowest BCUT2D eigenvalue weighted by molar-refractivity contribution is -0.127. The van der Waals surface area contributed by atoms with E-state index in [1.54, 1.807) is 30.5 Å². The predicted octanol–water partition coefficient (Wildman–Crippen LogP) is 4.53. The number of hydrogen-bond donors (Lipinski definition) is 1. The highest BCUT2D eigenvalue weighted by Gasteiger charge is 2.26. The number of dihydropyridines is 1. The number of carbonyl (C=O) groups excluding carboxylic acids is 1. The molecule has 0 aliphatic carbocycles. The Morgan fingerprint density at radius 1 is 1.22 bits per heavy atom. The van der Waals surface area contributed by atoms with Crippen molar-refractivity contribution in [2.75, 3.05) is 6.54 Å². The van der Waals surface area contributed by atoms with Crippen molar-refractivity contribution in [1.29, 1.82) is 0 Å². The fraction of sp³-hybridized carbons (Fsp3) is 0.458. The third kappa shape index (κ3) is 5.91. The highest BCUT2D eigenvalue weighted by molar-refractivity contribution is 6.36. The first-order valence-electron chi connectivity index (χ1n) is 10.9. The minimum atomic E-state index is -0.579. The molecule has 0 unspecified atom stereocenters. The number of ether oxygens (including phenoxy) is 1. The van der Waals surface area contributed by atoms with Crippen LogP contribution in [0.15, 0.2) is 46.4 Å². The fourth-order valence-corrected chi connectivity index (χ4v) is 3.16. The van der Waals surface area contributed by atoms with E-state index in [2.05, 4.69) is 10.4 Å². The number of benzene rings is 1.